The number of aliphatic hydroxyl groups excluding tert-OH is 1. The third-order valence-electron chi connectivity index (χ3n) is 3.81. The Labute approximate surface area is 127 Å². The van der Waals surface area contributed by atoms with Crippen LogP contribution >= 0.6 is 0 Å². The van der Waals surface area contributed by atoms with Crippen molar-refractivity contribution in [2.24, 2.45) is 5.92 Å². The van der Waals surface area contributed by atoms with Crippen LogP contribution in [0.1, 0.15) is 37.0 Å². The van der Waals surface area contributed by atoms with E-state index in [1.54, 1.807) is 12.1 Å². The van der Waals surface area contributed by atoms with Crippen LogP contribution in [0, 0.1) is 5.92 Å². The number of hydrogen-bond donors (Lipinski definition) is 3. The van der Waals surface area contributed by atoms with Gasteiger partial charge in [0.2, 0.25) is 0 Å². The largest absolute Gasteiger partial charge is 0.399 e. The third-order valence-corrected chi connectivity index (χ3v) is 3.81. The first-order chi connectivity index (χ1) is 9.90. The van der Waals surface area contributed by atoms with Crippen molar-refractivity contribution in [3.05, 3.63) is 23.8 Å². The number of nitrogens with zero attached hydrogens (tertiary/aromatic N) is 1. The number of nitrogens with two attached hydrogens (primary N) is 1. The van der Waals surface area contributed by atoms with Gasteiger partial charge in [-0.2, -0.15) is 0 Å². The van der Waals surface area contributed by atoms with E-state index in [1.165, 1.54) is 0 Å². The van der Waals surface area contributed by atoms with Gasteiger partial charge in [-0.25, -0.2) is 0 Å². The Kier molecular flexibility index (Phi) is 6.49. The number of nitrogens with one attached hydrogen (secondary N) is 1. The van der Waals surface area contributed by atoms with E-state index in [1.807, 2.05) is 38.9 Å². The van der Waals surface area contributed by atoms with Crippen molar-refractivity contribution < 1.29 is 9.90 Å². The fourth-order valence-corrected chi connectivity index (χ4v) is 2.42. The minimum atomic E-state index is -0.521. The van der Waals surface area contributed by atoms with Gasteiger partial charge in [0.25, 0.3) is 5.91 Å². The van der Waals surface area contributed by atoms with E-state index in [0.717, 1.165) is 18.5 Å². The molecule has 1 rings (SSSR count). The smallest absolute Gasteiger partial charge is 0.253 e. The van der Waals surface area contributed by atoms with E-state index in [4.69, 9.17) is 5.73 Å². The molecule has 5 heteroatoms. The molecule has 1 aromatic rings. The van der Waals surface area contributed by atoms with Crippen LogP contribution in [0.15, 0.2) is 18.2 Å². The van der Waals surface area contributed by atoms with Gasteiger partial charge in [0.1, 0.15) is 0 Å². The second-order valence-corrected chi connectivity index (χ2v) is 5.52. The van der Waals surface area contributed by atoms with E-state index in [-0.39, 0.29) is 18.4 Å². The van der Waals surface area contributed by atoms with Crippen LogP contribution in [-0.2, 0) is 0 Å². The number of carbonyl (C=O) groups excluding carboxylic acids is 1. The second kappa shape index (κ2) is 7.88. The minimum Gasteiger partial charge on any atom is -0.399 e. The summed E-state index contributed by atoms with van der Waals surface area (Å²) >= 11 is 0. The summed E-state index contributed by atoms with van der Waals surface area (Å²) in [7, 11) is 3.75. The molecular weight excluding hydrogens is 266 g/mol. The van der Waals surface area contributed by atoms with E-state index in [0.29, 0.717) is 11.3 Å². The average Bonchev–Trinajstić information content (AvgIpc) is 2.45. The standard InChI is InChI=1S/C16H27N3O2/c1-5-11(6-2)15(20)10-18-16(21)13-9-12(17)7-8-14(13)19(3)4/h7-9,11,15,20H,5-6,10,17H2,1-4H3,(H,18,21). The maximum absolute atomic E-state index is 12.3. The third kappa shape index (κ3) is 4.63. The summed E-state index contributed by atoms with van der Waals surface area (Å²) in [6.45, 7) is 4.34. The topological polar surface area (TPSA) is 78.6 Å². The number of nitrogen functional groups attached to an aromatic ring is 1. The Bertz CT molecular complexity index is 471. The van der Waals surface area contributed by atoms with Crippen LogP contribution in [0.5, 0.6) is 0 Å². The van der Waals surface area contributed by atoms with E-state index >= 15 is 0 Å². The molecule has 5 nitrogen and oxygen atoms in total. The van der Waals surface area contributed by atoms with Crippen molar-refractivity contribution in [2.75, 3.05) is 31.3 Å². The first-order valence-electron chi connectivity index (χ1n) is 7.43. The summed E-state index contributed by atoms with van der Waals surface area (Å²) in [5.74, 6) is -0.00420. The molecule has 0 heterocycles. The van der Waals surface area contributed by atoms with Gasteiger partial charge < -0.3 is 21.1 Å². The van der Waals surface area contributed by atoms with Gasteiger partial charge >= 0.3 is 0 Å². The van der Waals surface area contributed by atoms with Gasteiger partial charge in [0, 0.05) is 32.0 Å². The van der Waals surface area contributed by atoms with Crippen molar-refractivity contribution in [1.29, 1.82) is 0 Å². The second-order valence-electron chi connectivity index (χ2n) is 5.52. The molecule has 1 amide bonds. The lowest BCUT2D eigenvalue weighted by atomic mass is 9.96. The average molecular weight is 293 g/mol. The molecule has 0 saturated heterocycles. The quantitative estimate of drug-likeness (QED) is 0.671. The fraction of sp³-hybridized carbons (Fsp3) is 0.562. The molecule has 0 saturated carbocycles. The molecule has 0 radical (unpaired) electrons. The molecule has 0 aliphatic heterocycles. The molecule has 1 aromatic carbocycles. The van der Waals surface area contributed by atoms with Crippen molar-refractivity contribution in [1.82, 2.24) is 5.32 Å². The molecule has 0 spiro atoms. The van der Waals surface area contributed by atoms with Crippen LogP contribution in [0.2, 0.25) is 0 Å². The highest BCUT2D eigenvalue weighted by atomic mass is 16.3. The molecule has 21 heavy (non-hydrogen) atoms. The Hall–Kier alpha value is -1.75. The van der Waals surface area contributed by atoms with Crippen molar-refractivity contribution in [3.8, 4) is 0 Å². The lowest BCUT2D eigenvalue weighted by Crippen LogP contribution is -2.36. The number of amides is 1. The summed E-state index contributed by atoms with van der Waals surface area (Å²) in [5.41, 5.74) is 7.64. The zero-order chi connectivity index (χ0) is 16.0. The zero-order valence-corrected chi connectivity index (χ0v) is 13.4. The highest BCUT2D eigenvalue weighted by molar-refractivity contribution is 6.00. The predicted molar refractivity (Wildman–Crippen MR) is 87.6 cm³/mol. The summed E-state index contributed by atoms with van der Waals surface area (Å²) in [6, 6.07) is 5.25. The summed E-state index contributed by atoms with van der Waals surface area (Å²) in [6.07, 6.45) is 1.27. The van der Waals surface area contributed by atoms with Crippen LogP contribution < -0.4 is 16.0 Å². The minimum absolute atomic E-state index is 0.208. The number of aliphatic hydroxyl groups is 1. The van der Waals surface area contributed by atoms with Gasteiger partial charge in [-0.1, -0.05) is 26.7 Å². The number of hydrogen-bond acceptors (Lipinski definition) is 4. The summed E-state index contributed by atoms with van der Waals surface area (Å²) in [4.78, 5) is 14.2. The molecule has 118 valence electrons. The van der Waals surface area contributed by atoms with Gasteiger partial charge in [-0.05, 0) is 24.1 Å². The molecule has 0 bridgehead atoms. The number of rotatable bonds is 7. The maximum Gasteiger partial charge on any atom is 0.253 e. The highest BCUT2D eigenvalue weighted by Crippen LogP contribution is 2.21. The van der Waals surface area contributed by atoms with Crippen molar-refractivity contribution in [3.63, 3.8) is 0 Å². The van der Waals surface area contributed by atoms with Crippen LogP contribution in [-0.4, -0.2) is 37.8 Å². The van der Waals surface area contributed by atoms with Gasteiger partial charge in [-0.3, -0.25) is 4.79 Å². The first-order valence-corrected chi connectivity index (χ1v) is 7.43. The Morgan fingerprint density at radius 1 is 1.33 bits per heavy atom. The molecule has 1 unspecified atom stereocenters. The van der Waals surface area contributed by atoms with Gasteiger partial charge in [0.15, 0.2) is 0 Å². The predicted octanol–water partition coefficient (Wildman–Crippen LogP) is 1.86. The van der Waals surface area contributed by atoms with Crippen molar-refractivity contribution in [2.45, 2.75) is 32.8 Å². The molecule has 4 N–H and O–H groups in total. The maximum atomic E-state index is 12.3. The molecule has 0 aliphatic carbocycles. The summed E-state index contributed by atoms with van der Waals surface area (Å²) in [5, 5.41) is 12.9. The summed E-state index contributed by atoms with van der Waals surface area (Å²) < 4.78 is 0. The normalized spacial score (nSPS) is 12.3. The Balaban J connectivity index is 2.78. The molecule has 0 aliphatic rings. The molecule has 0 fully saturated rings. The monoisotopic (exact) mass is 293 g/mol. The lowest BCUT2D eigenvalue weighted by molar-refractivity contribution is 0.0817. The van der Waals surface area contributed by atoms with E-state index in [2.05, 4.69) is 5.32 Å². The van der Waals surface area contributed by atoms with Crippen molar-refractivity contribution >= 4 is 17.3 Å². The number of anilines is 2. The van der Waals surface area contributed by atoms with Gasteiger partial charge in [-0.15, -0.1) is 0 Å². The lowest BCUT2D eigenvalue weighted by Gasteiger charge is -2.21. The number of benzene rings is 1. The van der Waals surface area contributed by atoms with Crippen LogP contribution in [0.3, 0.4) is 0 Å². The Morgan fingerprint density at radius 2 is 1.95 bits per heavy atom. The fourth-order valence-electron chi connectivity index (χ4n) is 2.42. The van der Waals surface area contributed by atoms with E-state index in [9.17, 15) is 9.90 Å². The zero-order valence-electron chi connectivity index (χ0n) is 13.4. The van der Waals surface area contributed by atoms with E-state index < -0.39 is 6.10 Å². The molecular formula is C16H27N3O2. The highest BCUT2D eigenvalue weighted by Gasteiger charge is 2.18. The van der Waals surface area contributed by atoms with Crippen LogP contribution in [0.4, 0.5) is 11.4 Å². The first kappa shape index (κ1) is 17.3. The number of carbonyl (C=O) groups is 1. The van der Waals surface area contributed by atoms with Crippen LogP contribution in [0.25, 0.3) is 0 Å². The molecule has 1 atom stereocenters. The van der Waals surface area contributed by atoms with Gasteiger partial charge in [0.05, 0.1) is 11.7 Å². The molecule has 0 aromatic heterocycles. The Morgan fingerprint density at radius 3 is 2.48 bits per heavy atom. The SMILES string of the molecule is CCC(CC)C(O)CNC(=O)c1cc(N)ccc1N(C)C.